The zero-order valence-electron chi connectivity index (χ0n) is 11.4. The zero-order chi connectivity index (χ0) is 13.1. The van der Waals surface area contributed by atoms with Gasteiger partial charge in [0.15, 0.2) is 0 Å². The fraction of sp³-hybridized carbons (Fsp3) is 0.692. The normalized spacial score (nSPS) is 20.3. The van der Waals surface area contributed by atoms with Gasteiger partial charge in [-0.1, -0.05) is 18.5 Å². The molecule has 1 unspecified atom stereocenters. The fourth-order valence-electron chi connectivity index (χ4n) is 2.63. The average Bonchev–Trinajstić information content (AvgIpc) is 2.74. The van der Waals surface area contributed by atoms with E-state index >= 15 is 0 Å². The zero-order valence-corrected chi connectivity index (χ0v) is 12.1. The van der Waals surface area contributed by atoms with E-state index in [2.05, 4.69) is 40.8 Å². The van der Waals surface area contributed by atoms with E-state index in [9.17, 15) is 0 Å². The highest BCUT2D eigenvalue weighted by Gasteiger charge is 2.23. The summed E-state index contributed by atoms with van der Waals surface area (Å²) < 4.78 is 0. The van der Waals surface area contributed by atoms with Crippen LogP contribution in [0.5, 0.6) is 0 Å². The van der Waals surface area contributed by atoms with E-state index in [1.54, 1.807) is 6.33 Å². The van der Waals surface area contributed by atoms with Crippen LogP contribution in [0.15, 0.2) is 6.33 Å². The molecule has 0 saturated carbocycles. The van der Waals surface area contributed by atoms with E-state index in [0.717, 1.165) is 24.3 Å². The van der Waals surface area contributed by atoms with Gasteiger partial charge in [-0.2, -0.15) is 0 Å². The molecule has 100 valence electrons. The van der Waals surface area contributed by atoms with Crippen molar-refractivity contribution in [2.24, 2.45) is 0 Å². The molecule has 0 radical (unpaired) electrons. The Hall–Kier alpha value is -0.870. The van der Waals surface area contributed by atoms with Crippen molar-refractivity contribution in [3.05, 3.63) is 17.0 Å². The Morgan fingerprint density at radius 1 is 1.50 bits per heavy atom. The summed E-state index contributed by atoms with van der Waals surface area (Å²) in [6.07, 6.45) is 4.97. The van der Waals surface area contributed by atoms with Gasteiger partial charge in [0.25, 0.3) is 0 Å². The lowest BCUT2D eigenvalue weighted by atomic mass is 10.2. The highest BCUT2D eigenvalue weighted by atomic mass is 35.5. The number of hydrogen-bond donors (Lipinski definition) is 0. The summed E-state index contributed by atoms with van der Waals surface area (Å²) in [6.45, 7) is 4.28. The molecule has 0 N–H and O–H groups in total. The Balaban J connectivity index is 2.13. The first-order valence-corrected chi connectivity index (χ1v) is 6.92. The van der Waals surface area contributed by atoms with E-state index in [0.29, 0.717) is 11.2 Å². The van der Waals surface area contributed by atoms with Gasteiger partial charge in [0.2, 0.25) is 0 Å². The first-order chi connectivity index (χ1) is 8.63. The molecule has 1 atom stereocenters. The molecule has 1 aliphatic heterocycles. The molecule has 18 heavy (non-hydrogen) atoms. The Bertz CT molecular complexity index is 410. The molecule has 0 spiro atoms. The molecule has 0 bridgehead atoms. The first kappa shape index (κ1) is 13.6. The van der Waals surface area contributed by atoms with Gasteiger partial charge in [0.05, 0.1) is 0 Å². The third-order valence-corrected chi connectivity index (χ3v) is 4.07. The van der Waals surface area contributed by atoms with Crippen molar-refractivity contribution in [1.82, 2.24) is 14.9 Å². The maximum atomic E-state index is 6.13. The van der Waals surface area contributed by atoms with Crippen LogP contribution in [-0.4, -0.2) is 48.1 Å². The Kier molecular flexibility index (Phi) is 4.40. The van der Waals surface area contributed by atoms with Gasteiger partial charge in [-0.3, -0.25) is 0 Å². The van der Waals surface area contributed by atoms with Gasteiger partial charge in [-0.15, -0.1) is 0 Å². The minimum atomic E-state index is 0.578. The number of likely N-dealkylation sites (N-methyl/N-ethyl adjacent to an activating group) is 2. The summed E-state index contributed by atoms with van der Waals surface area (Å²) in [5, 5.41) is 0.578. The highest BCUT2D eigenvalue weighted by Crippen LogP contribution is 2.24. The molecule has 5 heteroatoms. The monoisotopic (exact) mass is 268 g/mol. The molecular formula is C13H21ClN4. The van der Waals surface area contributed by atoms with Gasteiger partial charge in [0.1, 0.15) is 17.3 Å². The van der Waals surface area contributed by atoms with Crippen LogP contribution in [0, 0.1) is 0 Å². The second-order valence-electron chi connectivity index (χ2n) is 4.98. The van der Waals surface area contributed by atoms with E-state index in [-0.39, 0.29) is 0 Å². The lowest BCUT2D eigenvalue weighted by Gasteiger charge is -2.27. The smallest absolute Gasteiger partial charge is 0.137 e. The molecule has 0 amide bonds. The van der Waals surface area contributed by atoms with Gasteiger partial charge in [-0.25, -0.2) is 9.97 Å². The third-order valence-electron chi connectivity index (χ3n) is 3.74. The Morgan fingerprint density at radius 3 is 2.89 bits per heavy atom. The summed E-state index contributed by atoms with van der Waals surface area (Å²) in [5.74, 6) is 0.970. The van der Waals surface area contributed by atoms with E-state index in [1.807, 2.05) is 0 Å². The van der Waals surface area contributed by atoms with E-state index < -0.39 is 0 Å². The van der Waals surface area contributed by atoms with E-state index in [1.165, 1.54) is 19.4 Å². The molecule has 4 nitrogen and oxygen atoms in total. The molecule has 1 aromatic heterocycles. The largest absolute Gasteiger partial charge is 0.358 e. The molecule has 1 aromatic rings. The third kappa shape index (κ3) is 2.75. The lowest BCUT2D eigenvalue weighted by Crippen LogP contribution is -2.37. The topological polar surface area (TPSA) is 32.3 Å². The van der Waals surface area contributed by atoms with Crippen molar-refractivity contribution >= 4 is 17.4 Å². The van der Waals surface area contributed by atoms with Crippen LogP contribution in [-0.2, 0) is 6.42 Å². The van der Waals surface area contributed by atoms with Gasteiger partial charge in [-0.05, 0) is 32.9 Å². The lowest BCUT2D eigenvalue weighted by molar-refractivity contribution is 0.314. The van der Waals surface area contributed by atoms with Crippen LogP contribution in [0.1, 0.15) is 25.3 Å². The van der Waals surface area contributed by atoms with Crippen LogP contribution in [0.4, 0.5) is 5.82 Å². The summed E-state index contributed by atoms with van der Waals surface area (Å²) in [7, 11) is 4.28. The number of anilines is 1. The highest BCUT2D eigenvalue weighted by molar-refractivity contribution is 6.30. The molecular weight excluding hydrogens is 248 g/mol. The fourth-order valence-corrected chi connectivity index (χ4v) is 2.89. The quantitative estimate of drug-likeness (QED) is 0.784. The number of likely N-dealkylation sites (tertiary alicyclic amines) is 1. The molecule has 0 aromatic carbocycles. The van der Waals surface area contributed by atoms with Crippen LogP contribution in [0.25, 0.3) is 0 Å². The van der Waals surface area contributed by atoms with Gasteiger partial charge < -0.3 is 9.80 Å². The Labute approximate surface area is 114 Å². The Morgan fingerprint density at radius 2 is 2.28 bits per heavy atom. The van der Waals surface area contributed by atoms with Gasteiger partial charge in [0, 0.05) is 25.2 Å². The van der Waals surface area contributed by atoms with Crippen molar-refractivity contribution in [2.45, 2.75) is 32.2 Å². The molecule has 2 heterocycles. The first-order valence-electron chi connectivity index (χ1n) is 6.54. The minimum absolute atomic E-state index is 0.578. The number of hydrogen-bond acceptors (Lipinski definition) is 4. The molecule has 1 aliphatic rings. The van der Waals surface area contributed by atoms with Crippen LogP contribution >= 0.6 is 11.6 Å². The summed E-state index contributed by atoms with van der Waals surface area (Å²) >= 11 is 6.13. The van der Waals surface area contributed by atoms with Crippen molar-refractivity contribution in [3.8, 4) is 0 Å². The molecule has 0 aliphatic carbocycles. The molecule has 1 fully saturated rings. The van der Waals surface area contributed by atoms with Crippen molar-refractivity contribution in [2.75, 3.05) is 32.1 Å². The predicted molar refractivity (Wildman–Crippen MR) is 75.3 cm³/mol. The average molecular weight is 269 g/mol. The van der Waals surface area contributed by atoms with Crippen molar-refractivity contribution in [3.63, 3.8) is 0 Å². The minimum Gasteiger partial charge on any atom is -0.358 e. The summed E-state index contributed by atoms with van der Waals surface area (Å²) in [6, 6.07) is 0.619. The molecule has 1 saturated heterocycles. The maximum Gasteiger partial charge on any atom is 0.137 e. The second kappa shape index (κ2) is 5.85. The number of aromatic nitrogens is 2. The van der Waals surface area contributed by atoms with Crippen LogP contribution in [0.3, 0.4) is 0 Å². The van der Waals surface area contributed by atoms with Crippen LogP contribution in [0.2, 0.25) is 5.15 Å². The maximum absolute atomic E-state index is 6.13. The van der Waals surface area contributed by atoms with Crippen molar-refractivity contribution in [1.29, 1.82) is 0 Å². The number of rotatable bonds is 4. The van der Waals surface area contributed by atoms with E-state index in [4.69, 9.17) is 11.6 Å². The molecule has 2 rings (SSSR count). The van der Waals surface area contributed by atoms with Crippen molar-refractivity contribution < 1.29 is 0 Å². The summed E-state index contributed by atoms with van der Waals surface area (Å²) in [5.41, 5.74) is 1.04. The summed E-state index contributed by atoms with van der Waals surface area (Å²) in [4.78, 5) is 13.1. The van der Waals surface area contributed by atoms with Crippen LogP contribution < -0.4 is 4.90 Å². The SMILES string of the molecule is CCc1c(Cl)ncnc1N(C)CC1CCCN1C. The predicted octanol–water partition coefficient (Wildman–Crippen LogP) is 2.22. The standard InChI is InChI=1S/C13H21ClN4/c1-4-11-12(14)15-9-16-13(11)18(3)8-10-6-5-7-17(10)2/h9-10H,4-8H2,1-3H3. The number of halogens is 1. The second-order valence-corrected chi connectivity index (χ2v) is 5.34. The van der Waals surface area contributed by atoms with Gasteiger partial charge >= 0.3 is 0 Å². The number of nitrogens with zero attached hydrogens (tertiary/aromatic N) is 4.